The van der Waals surface area contributed by atoms with Crippen LogP contribution in [0.15, 0.2) is 30.0 Å². The van der Waals surface area contributed by atoms with E-state index in [-0.39, 0.29) is 0 Å². The number of carboxylic acids is 1. The molecule has 7 nitrogen and oxygen atoms in total. The van der Waals surface area contributed by atoms with Crippen LogP contribution in [-0.4, -0.2) is 44.3 Å². The van der Waals surface area contributed by atoms with Crippen molar-refractivity contribution in [2.45, 2.75) is 19.9 Å². The van der Waals surface area contributed by atoms with Gasteiger partial charge in [-0.25, -0.2) is 9.78 Å². The van der Waals surface area contributed by atoms with Crippen LogP contribution < -0.4 is 0 Å². The Bertz CT molecular complexity index is 873. The van der Waals surface area contributed by atoms with E-state index in [4.69, 9.17) is 4.74 Å². The van der Waals surface area contributed by atoms with Crippen LogP contribution >= 0.6 is 11.3 Å². The molecule has 0 spiro atoms. The Kier molecular flexibility index (Phi) is 5.20. The van der Waals surface area contributed by atoms with Crippen LogP contribution in [0.4, 0.5) is 0 Å². The van der Waals surface area contributed by atoms with Crippen molar-refractivity contribution in [3.8, 4) is 22.1 Å². The first-order valence-electron chi connectivity index (χ1n) is 7.76. The van der Waals surface area contributed by atoms with Gasteiger partial charge in [-0.1, -0.05) is 0 Å². The van der Waals surface area contributed by atoms with E-state index in [9.17, 15) is 9.90 Å². The molecule has 0 fully saturated rings. The van der Waals surface area contributed by atoms with Gasteiger partial charge in [0.1, 0.15) is 10.7 Å². The predicted octanol–water partition coefficient (Wildman–Crippen LogP) is 3.11. The highest BCUT2D eigenvalue weighted by atomic mass is 32.1. The molecule has 0 saturated heterocycles. The number of methoxy groups -OCH3 is 1. The smallest absolute Gasteiger partial charge is 0.337 e. The SMILES string of the molecule is COCCCn1c(-c2csc(-c3cnccn3)n2)cc(C(=O)O)c1C. The van der Waals surface area contributed by atoms with Gasteiger partial charge in [0, 0.05) is 43.7 Å². The second-order valence-corrected chi connectivity index (χ2v) is 6.32. The predicted molar refractivity (Wildman–Crippen MR) is 94.8 cm³/mol. The van der Waals surface area contributed by atoms with Crippen molar-refractivity contribution in [2.75, 3.05) is 13.7 Å². The van der Waals surface area contributed by atoms with Crippen LogP contribution in [-0.2, 0) is 11.3 Å². The van der Waals surface area contributed by atoms with Gasteiger partial charge in [0.15, 0.2) is 0 Å². The summed E-state index contributed by atoms with van der Waals surface area (Å²) < 4.78 is 7.09. The average molecular weight is 358 g/mol. The summed E-state index contributed by atoms with van der Waals surface area (Å²) in [7, 11) is 1.65. The van der Waals surface area contributed by atoms with E-state index >= 15 is 0 Å². The molecule has 3 rings (SSSR count). The third-order valence-electron chi connectivity index (χ3n) is 3.88. The van der Waals surface area contributed by atoms with Gasteiger partial charge in [-0.15, -0.1) is 11.3 Å². The molecule has 0 unspecified atom stereocenters. The van der Waals surface area contributed by atoms with Gasteiger partial charge in [-0.2, -0.15) is 0 Å². The molecular weight excluding hydrogens is 340 g/mol. The molecule has 3 heterocycles. The highest BCUT2D eigenvalue weighted by Crippen LogP contribution is 2.30. The van der Waals surface area contributed by atoms with E-state index in [0.29, 0.717) is 30.1 Å². The zero-order valence-electron chi connectivity index (χ0n) is 14.0. The Morgan fingerprint density at radius 2 is 2.20 bits per heavy atom. The van der Waals surface area contributed by atoms with Crippen LogP contribution in [0.25, 0.3) is 22.1 Å². The standard InChI is InChI=1S/C17H18N4O3S/c1-11-12(17(22)23)8-15(21(11)6-3-7-24-2)14-10-25-16(20-14)13-9-18-4-5-19-13/h4-5,8-10H,3,6-7H2,1-2H3,(H,22,23). The van der Waals surface area contributed by atoms with E-state index in [0.717, 1.165) is 22.8 Å². The Labute approximate surface area is 149 Å². The normalized spacial score (nSPS) is 11.0. The number of carboxylic acid groups (broad SMARTS) is 1. The minimum absolute atomic E-state index is 0.293. The largest absolute Gasteiger partial charge is 0.478 e. The molecule has 0 aliphatic carbocycles. The molecule has 3 aromatic rings. The summed E-state index contributed by atoms with van der Waals surface area (Å²) >= 11 is 1.46. The van der Waals surface area contributed by atoms with Crippen molar-refractivity contribution in [1.82, 2.24) is 19.5 Å². The van der Waals surface area contributed by atoms with Gasteiger partial charge in [0.25, 0.3) is 0 Å². The molecule has 130 valence electrons. The summed E-state index contributed by atoms with van der Waals surface area (Å²) in [5.41, 5.74) is 3.23. The zero-order valence-corrected chi connectivity index (χ0v) is 14.8. The van der Waals surface area contributed by atoms with Gasteiger partial charge in [0.05, 0.1) is 23.1 Å². The third-order valence-corrected chi connectivity index (χ3v) is 4.74. The first-order chi connectivity index (χ1) is 12.1. The number of hydrogen-bond acceptors (Lipinski definition) is 6. The zero-order chi connectivity index (χ0) is 17.8. The van der Waals surface area contributed by atoms with Crippen molar-refractivity contribution in [2.24, 2.45) is 0 Å². The summed E-state index contributed by atoms with van der Waals surface area (Å²) in [5.74, 6) is -0.936. The highest BCUT2D eigenvalue weighted by Gasteiger charge is 2.19. The minimum Gasteiger partial charge on any atom is -0.478 e. The molecule has 0 bridgehead atoms. The number of thiazole rings is 1. The molecule has 0 saturated carbocycles. The van der Waals surface area contributed by atoms with Crippen LogP contribution in [0.2, 0.25) is 0 Å². The summed E-state index contributed by atoms with van der Waals surface area (Å²) in [6, 6.07) is 1.68. The maximum atomic E-state index is 11.5. The van der Waals surface area contributed by atoms with E-state index in [2.05, 4.69) is 15.0 Å². The first-order valence-corrected chi connectivity index (χ1v) is 8.64. The Hall–Kier alpha value is -2.58. The van der Waals surface area contributed by atoms with Gasteiger partial charge in [-0.3, -0.25) is 9.97 Å². The summed E-state index contributed by atoms with van der Waals surface area (Å²) in [4.78, 5) is 24.4. The average Bonchev–Trinajstić information content (AvgIpc) is 3.21. The Morgan fingerprint density at radius 1 is 1.36 bits per heavy atom. The van der Waals surface area contributed by atoms with Crippen molar-refractivity contribution in [3.63, 3.8) is 0 Å². The maximum absolute atomic E-state index is 11.5. The fraction of sp³-hybridized carbons (Fsp3) is 0.294. The molecule has 0 amide bonds. The maximum Gasteiger partial charge on any atom is 0.337 e. The Morgan fingerprint density at radius 3 is 2.88 bits per heavy atom. The van der Waals surface area contributed by atoms with Gasteiger partial charge < -0.3 is 14.4 Å². The number of ether oxygens (including phenoxy) is 1. The number of carbonyl (C=O) groups is 1. The number of aromatic carboxylic acids is 1. The molecule has 3 aromatic heterocycles. The third kappa shape index (κ3) is 3.59. The monoisotopic (exact) mass is 358 g/mol. The molecule has 0 radical (unpaired) electrons. The van der Waals surface area contributed by atoms with Gasteiger partial charge in [-0.05, 0) is 19.4 Å². The van der Waals surface area contributed by atoms with Crippen LogP contribution in [0.3, 0.4) is 0 Å². The second kappa shape index (κ2) is 7.54. The summed E-state index contributed by atoms with van der Waals surface area (Å²) in [6.07, 6.45) is 5.69. The van der Waals surface area contributed by atoms with Gasteiger partial charge >= 0.3 is 5.97 Å². The number of rotatable bonds is 7. The molecular formula is C17H18N4O3S. The first kappa shape index (κ1) is 17.2. The lowest BCUT2D eigenvalue weighted by Crippen LogP contribution is -2.06. The highest BCUT2D eigenvalue weighted by molar-refractivity contribution is 7.13. The molecule has 1 N–H and O–H groups in total. The minimum atomic E-state index is -0.936. The van der Waals surface area contributed by atoms with Crippen molar-refractivity contribution < 1.29 is 14.6 Å². The summed E-state index contributed by atoms with van der Waals surface area (Å²) in [6.45, 7) is 3.09. The lowest BCUT2D eigenvalue weighted by atomic mass is 10.2. The number of hydrogen-bond donors (Lipinski definition) is 1. The van der Waals surface area contributed by atoms with E-state index in [1.54, 1.807) is 31.8 Å². The van der Waals surface area contributed by atoms with E-state index in [1.807, 2.05) is 16.9 Å². The Balaban J connectivity index is 1.99. The van der Waals surface area contributed by atoms with E-state index in [1.165, 1.54) is 11.3 Å². The molecule has 0 aliphatic rings. The van der Waals surface area contributed by atoms with Crippen molar-refractivity contribution in [1.29, 1.82) is 0 Å². The number of aromatic nitrogens is 4. The fourth-order valence-electron chi connectivity index (χ4n) is 2.65. The molecule has 0 atom stereocenters. The van der Waals surface area contributed by atoms with Crippen molar-refractivity contribution >= 4 is 17.3 Å². The quantitative estimate of drug-likeness (QED) is 0.653. The van der Waals surface area contributed by atoms with Crippen LogP contribution in [0.1, 0.15) is 22.5 Å². The summed E-state index contributed by atoms with van der Waals surface area (Å²) in [5, 5.41) is 12.1. The molecule has 25 heavy (non-hydrogen) atoms. The molecule has 0 aromatic carbocycles. The molecule has 0 aliphatic heterocycles. The topological polar surface area (TPSA) is 90.1 Å². The fourth-order valence-corrected chi connectivity index (χ4v) is 3.42. The van der Waals surface area contributed by atoms with E-state index < -0.39 is 5.97 Å². The molecule has 8 heteroatoms. The van der Waals surface area contributed by atoms with Crippen LogP contribution in [0.5, 0.6) is 0 Å². The van der Waals surface area contributed by atoms with Crippen molar-refractivity contribution in [3.05, 3.63) is 41.3 Å². The van der Waals surface area contributed by atoms with Gasteiger partial charge in [0.2, 0.25) is 0 Å². The van der Waals surface area contributed by atoms with Crippen LogP contribution in [0, 0.1) is 6.92 Å². The second-order valence-electron chi connectivity index (χ2n) is 5.46. The lowest BCUT2D eigenvalue weighted by Gasteiger charge is -2.10. The number of nitrogens with zero attached hydrogens (tertiary/aromatic N) is 4. The lowest BCUT2D eigenvalue weighted by molar-refractivity contribution is 0.0696.